The molecule has 3 rings (SSSR count). The van der Waals surface area contributed by atoms with E-state index in [9.17, 15) is 9.18 Å². The number of halogens is 1. The number of nitrogens with two attached hydrogens (primary N) is 1. The van der Waals surface area contributed by atoms with E-state index in [0.717, 1.165) is 25.5 Å². The number of hydrogen-bond acceptors (Lipinski definition) is 6. The summed E-state index contributed by atoms with van der Waals surface area (Å²) >= 11 is 0. The number of rotatable bonds is 4. The van der Waals surface area contributed by atoms with Gasteiger partial charge in [0.05, 0.1) is 6.04 Å². The average Bonchev–Trinajstić information content (AvgIpc) is 3.05. The molecule has 0 bridgehead atoms. The van der Waals surface area contributed by atoms with E-state index in [1.54, 1.807) is 0 Å². The molecule has 8 heteroatoms. The summed E-state index contributed by atoms with van der Waals surface area (Å²) in [5, 5.41) is 5.78. The van der Waals surface area contributed by atoms with E-state index in [1.807, 2.05) is 0 Å². The van der Waals surface area contributed by atoms with E-state index >= 15 is 0 Å². The highest BCUT2D eigenvalue weighted by atomic mass is 19.1. The molecule has 1 saturated heterocycles. The first kappa shape index (κ1) is 15.2. The third kappa shape index (κ3) is 3.72. The van der Waals surface area contributed by atoms with Gasteiger partial charge in [0.15, 0.2) is 11.6 Å². The SMILES string of the molecule is Nc1ccc(Oc2cc(NC(=O)C3CCCN3)ncn2)c(F)c1. The Morgan fingerprint density at radius 3 is 3.00 bits per heavy atom. The van der Waals surface area contributed by atoms with Crippen LogP contribution in [0.3, 0.4) is 0 Å². The summed E-state index contributed by atoms with van der Waals surface area (Å²) in [7, 11) is 0. The normalized spacial score (nSPS) is 17.0. The average molecular weight is 317 g/mol. The van der Waals surface area contributed by atoms with Crippen LogP contribution in [0.15, 0.2) is 30.6 Å². The number of ether oxygens (including phenoxy) is 1. The molecule has 1 aromatic carbocycles. The standard InChI is InChI=1S/C15H16FN5O2/c16-10-6-9(17)3-4-12(10)23-14-7-13(19-8-20-14)21-15(22)11-2-1-5-18-11/h3-4,6-8,11,18H,1-2,5,17H2,(H,19,20,21,22). The molecule has 1 aliphatic heterocycles. The third-order valence-electron chi connectivity index (χ3n) is 3.44. The van der Waals surface area contributed by atoms with Gasteiger partial charge in [-0.2, -0.15) is 0 Å². The highest BCUT2D eigenvalue weighted by Crippen LogP contribution is 2.25. The van der Waals surface area contributed by atoms with Crippen LogP contribution in [-0.4, -0.2) is 28.5 Å². The van der Waals surface area contributed by atoms with Crippen LogP contribution in [0.4, 0.5) is 15.9 Å². The van der Waals surface area contributed by atoms with Crippen molar-refractivity contribution in [2.45, 2.75) is 18.9 Å². The van der Waals surface area contributed by atoms with Crippen molar-refractivity contribution >= 4 is 17.4 Å². The van der Waals surface area contributed by atoms with Gasteiger partial charge in [-0.15, -0.1) is 0 Å². The number of nitrogen functional groups attached to an aromatic ring is 1. The highest BCUT2D eigenvalue weighted by Gasteiger charge is 2.22. The zero-order chi connectivity index (χ0) is 16.2. The van der Waals surface area contributed by atoms with Gasteiger partial charge in [-0.1, -0.05) is 0 Å². The minimum Gasteiger partial charge on any atom is -0.436 e. The molecule has 1 aliphatic rings. The minimum absolute atomic E-state index is 0.00682. The zero-order valence-corrected chi connectivity index (χ0v) is 12.3. The van der Waals surface area contributed by atoms with Gasteiger partial charge < -0.3 is 21.1 Å². The molecule has 1 aromatic heterocycles. The number of amides is 1. The minimum atomic E-state index is -0.593. The lowest BCUT2D eigenvalue weighted by molar-refractivity contribution is -0.117. The molecule has 0 saturated carbocycles. The Kier molecular flexibility index (Phi) is 4.33. The maximum absolute atomic E-state index is 13.7. The van der Waals surface area contributed by atoms with Gasteiger partial charge in [0, 0.05) is 17.8 Å². The van der Waals surface area contributed by atoms with Crippen LogP contribution in [0.25, 0.3) is 0 Å². The second-order valence-electron chi connectivity index (χ2n) is 5.17. The fraction of sp³-hybridized carbons (Fsp3) is 0.267. The van der Waals surface area contributed by atoms with E-state index in [-0.39, 0.29) is 23.6 Å². The molecule has 1 fully saturated rings. The molecular weight excluding hydrogens is 301 g/mol. The molecule has 2 heterocycles. The van der Waals surface area contributed by atoms with Crippen molar-refractivity contribution in [2.75, 3.05) is 17.6 Å². The summed E-state index contributed by atoms with van der Waals surface area (Å²) in [5.41, 5.74) is 5.79. The molecule has 1 amide bonds. The van der Waals surface area contributed by atoms with Gasteiger partial charge >= 0.3 is 0 Å². The number of anilines is 2. The van der Waals surface area contributed by atoms with Gasteiger partial charge in [-0.05, 0) is 31.5 Å². The van der Waals surface area contributed by atoms with Gasteiger partial charge in [0.2, 0.25) is 11.8 Å². The summed E-state index contributed by atoms with van der Waals surface area (Å²) in [6.45, 7) is 0.826. The summed E-state index contributed by atoms with van der Waals surface area (Å²) in [4.78, 5) is 19.9. The number of aromatic nitrogens is 2. The van der Waals surface area contributed by atoms with Gasteiger partial charge in [-0.3, -0.25) is 4.79 Å². The lowest BCUT2D eigenvalue weighted by Crippen LogP contribution is -2.35. The summed E-state index contributed by atoms with van der Waals surface area (Å²) < 4.78 is 19.1. The van der Waals surface area contributed by atoms with E-state index < -0.39 is 5.82 Å². The van der Waals surface area contributed by atoms with E-state index in [1.165, 1.54) is 24.5 Å². The number of benzene rings is 1. The lowest BCUT2D eigenvalue weighted by Gasteiger charge is -2.11. The molecule has 0 spiro atoms. The lowest BCUT2D eigenvalue weighted by atomic mass is 10.2. The maximum atomic E-state index is 13.7. The quantitative estimate of drug-likeness (QED) is 0.742. The third-order valence-corrected chi connectivity index (χ3v) is 3.44. The number of carbonyl (C=O) groups is 1. The van der Waals surface area contributed by atoms with Gasteiger partial charge in [0.25, 0.3) is 0 Å². The Labute approximate surface area is 132 Å². The Morgan fingerprint density at radius 2 is 2.26 bits per heavy atom. The van der Waals surface area contributed by atoms with Crippen molar-refractivity contribution in [1.29, 1.82) is 0 Å². The number of hydrogen-bond donors (Lipinski definition) is 3. The van der Waals surface area contributed by atoms with Crippen LogP contribution < -0.4 is 21.1 Å². The first-order valence-electron chi connectivity index (χ1n) is 7.21. The molecule has 1 unspecified atom stereocenters. The van der Waals surface area contributed by atoms with Crippen LogP contribution in [0, 0.1) is 5.82 Å². The number of carbonyl (C=O) groups excluding carboxylic acids is 1. The van der Waals surface area contributed by atoms with E-state index in [0.29, 0.717) is 11.5 Å². The molecule has 23 heavy (non-hydrogen) atoms. The van der Waals surface area contributed by atoms with Crippen molar-refractivity contribution in [3.8, 4) is 11.6 Å². The second-order valence-corrected chi connectivity index (χ2v) is 5.17. The van der Waals surface area contributed by atoms with Crippen molar-refractivity contribution in [3.05, 3.63) is 36.4 Å². The molecule has 1 atom stereocenters. The maximum Gasteiger partial charge on any atom is 0.242 e. The predicted octanol–water partition coefficient (Wildman–Crippen LogP) is 1.68. The van der Waals surface area contributed by atoms with Crippen molar-refractivity contribution in [1.82, 2.24) is 15.3 Å². The fourth-order valence-electron chi connectivity index (χ4n) is 2.30. The predicted molar refractivity (Wildman–Crippen MR) is 82.6 cm³/mol. The molecule has 4 N–H and O–H groups in total. The molecule has 2 aromatic rings. The fourth-order valence-corrected chi connectivity index (χ4v) is 2.30. The van der Waals surface area contributed by atoms with Crippen molar-refractivity contribution < 1.29 is 13.9 Å². The van der Waals surface area contributed by atoms with Crippen LogP contribution in [0.5, 0.6) is 11.6 Å². The molecular formula is C15H16FN5O2. The highest BCUT2D eigenvalue weighted by molar-refractivity contribution is 5.94. The summed E-state index contributed by atoms with van der Waals surface area (Å²) in [5.74, 6) is -0.342. The summed E-state index contributed by atoms with van der Waals surface area (Å²) in [6, 6.07) is 5.30. The smallest absolute Gasteiger partial charge is 0.242 e. The van der Waals surface area contributed by atoms with Gasteiger partial charge in [0.1, 0.15) is 12.1 Å². The first-order valence-corrected chi connectivity index (χ1v) is 7.21. The Morgan fingerprint density at radius 1 is 1.39 bits per heavy atom. The van der Waals surface area contributed by atoms with Crippen molar-refractivity contribution in [3.63, 3.8) is 0 Å². The zero-order valence-electron chi connectivity index (χ0n) is 12.3. The molecule has 120 valence electrons. The number of nitrogens with zero attached hydrogens (tertiary/aromatic N) is 2. The van der Waals surface area contributed by atoms with Crippen LogP contribution in [0.1, 0.15) is 12.8 Å². The van der Waals surface area contributed by atoms with Crippen LogP contribution in [-0.2, 0) is 4.79 Å². The molecule has 0 aliphatic carbocycles. The van der Waals surface area contributed by atoms with Crippen LogP contribution in [0.2, 0.25) is 0 Å². The van der Waals surface area contributed by atoms with Gasteiger partial charge in [-0.25, -0.2) is 14.4 Å². The van der Waals surface area contributed by atoms with E-state index in [2.05, 4.69) is 20.6 Å². The topological polar surface area (TPSA) is 102 Å². The first-order chi connectivity index (χ1) is 11.1. The van der Waals surface area contributed by atoms with Crippen molar-refractivity contribution in [2.24, 2.45) is 0 Å². The molecule has 0 radical (unpaired) electrons. The second kappa shape index (κ2) is 6.57. The molecule has 7 nitrogen and oxygen atoms in total. The number of nitrogens with one attached hydrogen (secondary N) is 2. The Hall–Kier alpha value is -2.74. The van der Waals surface area contributed by atoms with E-state index in [4.69, 9.17) is 10.5 Å². The Bertz CT molecular complexity index is 719. The Balaban J connectivity index is 1.70. The van der Waals surface area contributed by atoms with Crippen LogP contribution >= 0.6 is 0 Å². The largest absolute Gasteiger partial charge is 0.436 e. The monoisotopic (exact) mass is 317 g/mol. The summed E-state index contributed by atoms with van der Waals surface area (Å²) in [6.07, 6.45) is 2.99.